The monoisotopic (exact) mass is 236 g/mol. The third kappa shape index (κ3) is 3.57. The topological polar surface area (TPSA) is 92.4 Å². The molecule has 0 saturated carbocycles. The minimum Gasteiger partial charge on any atom is -0.480 e. The van der Waals surface area contributed by atoms with Crippen LogP contribution in [-0.4, -0.2) is 23.0 Å². The van der Waals surface area contributed by atoms with Gasteiger partial charge in [0, 0.05) is 12.1 Å². The fourth-order valence-corrected chi connectivity index (χ4v) is 1.42. The van der Waals surface area contributed by atoms with E-state index in [9.17, 15) is 9.59 Å². The van der Waals surface area contributed by atoms with Crippen LogP contribution in [0.1, 0.15) is 29.3 Å². The fourth-order valence-electron chi connectivity index (χ4n) is 1.42. The first-order chi connectivity index (χ1) is 8.08. The Balaban J connectivity index is 2.78. The van der Waals surface area contributed by atoms with E-state index in [4.69, 9.17) is 10.8 Å². The third-order valence-corrected chi connectivity index (χ3v) is 2.44. The molecule has 0 heterocycles. The first kappa shape index (κ1) is 13.2. The summed E-state index contributed by atoms with van der Waals surface area (Å²) in [4.78, 5) is 22.6. The zero-order valence-electron chi connectivity index (χ0n) is 9.64. The van der Waals surface area contributed by atoms with Crippen LogP contribution in [-0.2, 0) is 11.3 Å². The average molecular weight is 236 g/mol. The van der Waals surface area contributed by atoms with Crippen molar-refractivity contribution >= 4 is 11.9 Å². The second-order valence-corrected chi connectivity index (χ2v) is 3.68. The Morgan fingerprint density at radius 2 is 2.18 bits per heavy atom. The highest BCUT2D eigenvalue weighted by molar-refractivity contribution is 5.96. The van der Waals surface area contributed by atoms with Crippen molar-refractivity contribution in [2.75, 3.05) is 0 Å². The van der Waals surface area contributed by atoms with Gasteiger partial charge in [0.05, 0.1) is 0 Å². The molecule has 4 N–H and O–H groups in total. The van der Waals surface area contributed by atoms with E-state index in [0.29, 0.717) is 18.5 Å². The van der Waals surface area contributed by atoms with Crippen molar-refractivity contribution in [1.29, 1.82) is 0 Å². The molecule has 0 aliphatic carbocycles. The number of nitrogens with one attached hydrogen (secondary N) is 1. The minimum atomic E-state index is -1.03. The van der Waals surface area contributed by atoms with Gasteiger partial charge in [-0.3, -0.25) is 4.79 Å². The largest absolute Gasteiger partial charge is 0.480 e. The summed E-state index contributed by atoms with van der Waals surface area (Å²) in [5.74, 6) is -1.43. The van der Waals surface area contributed by atoms with E-state index < -0.39 is 17.9 Å². The van der Waals surface area contributed by atoms with Crippen molar-refractivity contribution in [3.63, 3.8) is 0 Å². The molecule has 5 heteroatoms. The molecule has 5 nitrogen and oxygen atoms in total. The predicted molar refractivity (Wildman–Crippen MR) is 63.5 cm³/mol. The number of aliphatic carboxylic acids is 1. The van der Waals surface area contributed by atoms with Crippen LogP contribution in [0.4, 0.5) is 0 Å². The second kappa shape index (κ2) is 6.00. The summed E-state index contributed by atoms with van der Waals surface area (Å²) >= 11 is 0. The Hall–Kier alpha value is -1.88. The number of nitrogens with two attached hydrogens (primary N) is 1. The highest BCUT2D eigenvalue weighted by Crippen LogP contribution is 2.05. The van der Waals surface area contributed by atoms with Crippen LogP contribution in [0.5, 0.6) is 0 Å². The molecule has 1 aromatic carbocycles. The van der Waals surface area contributed by atoms with Gasteiger partial charge < -0.3 is 16.2 Å². The molecular formula is C12H16N2O3. The zero-order valence-corrected chi connectivity index (χ0v) is 9.64. The van der Waals surface area contributed by atoms with E-state index >= 15 is 0 Å². The Morgan fingerprint density at radius 3 is 2.71 bits per heavy atom. The molecule has 0 fully saturated rings. The molecule has 0 spiro atoms. The van der Waals surface area contributed by atoms with E-state index in [1.165, 1.54) is 0 Å². The number of amides is 1. The van der Waals surface area contributed by atoms with E-state index in [1.54, 1.807) is 25.1 Å². The van der Waals surface area contributed by atoms with Gasteiger partial charge in [0.15, 0.2) is 0 Å². The molecular weight excluding hydrogens is 220 g/mol. The van der Waals surface area contributed by atoms with Gasteiger partial charge >= 0.3 is 5.97 Å². The molecule has 0 aromatic heterocycles. The lowest BCUT2D eigenvalue weighted by Crippen LogP contribution is -2.40. The van der Waals surface area contributed by atoms with Gasteiger partial charge in [-0.1, -0.05) is 19.1 Å². The van der Waals surface area contributed by atoms with Crippen molar-refractivity contribution in [1.82, 2.24) is 5.32 Å². The minimum absolute atomic E-state index is 0.345. The summed E-state index contributed by atoms with van der Waals surface area (Å²) in [5, 5.41) is 11.3. The lowest BCUT2D eigenvalue weighted by atomic mass is 10.1. The molecule has 0 radical (unpaired) electrons. The van der Waals surface area contributed by atoms with E-state index in [0.717, 1.165) is 5.56 Å². The third-order valence-electron chi connectivity index (χ3n) is 2.44. The SMILES string of the molecule is CCC(NC(=O)c1cccc(CN)c1)C(=O)O. The number of carbonyl (C=O) groups excluding carboxylic acids is 1. The van der Waals surface area contributed by atoms with Gasteiger partial charge in [-0.25, -0.2) is 4.79 Å². The molecule has 1 rings (SSSR count). The highest BCUT2D eigenvalue weighted by atomic mass is 16.4. The number of hydrogen-bond acceptors (Lipinski definition) is 3. The van der Waals surface area contributed by atoms with Gasteiger partial charge in [0.1, 0.15) is 6.04 Å². The predicted octanol–water partition coefficient (Wildman–Crippen LogP) is 0.738. The number of hydrogen-bond donors (Lipinski definition) is 3. The molecule has 1 atom stereocenters. The summed E-state index contributed by atoms with van der Waals surface area (Å²) in [6, 6.07) is 5.96. The van der Waals surface area contributed by atoms with Crippen molar-refractivity contribution in [3.05, 3.63) is 35.4 Å². The lowest BCUT2D eigenvalue weighted by molar-refractivity contribution is -0.139. The van der Waals surface area contributed by atoms with Crippen LogP contribution < -0.4 is 11.1 Å². The summed E-state index contributed by atoms with van der Waals surface area (Å²) in [6.07, 6.45) is 0.345. The van der Waals surface area contributed by atoms with E-state index in [2.05, 4.69) is 5.32 Å². The number of rotatable bonds is 5. The summed E-state index contributed by atoms with van der Waals surface area (Å²) in [5.41, 5.74) is 6.73. The number of carboxylic acids is 1. The second-order valence-electron chi connectivity index (χ2n) is 3.68. The molecule has 0 aliphatic heterocycles. The van der Waals surface area contributed by atoms with Gasteiger partial charge in [-0.05, 0) is 24.1 Å². The van der Waals surface area contributed by atoms with Crippen LogP contribution in [0.2, 0.25) is 0 Å². The van der Waals surface area contributed by atoms with Crippen molar-refractivity contribution in [2.45, 2.75) is 25.9 Å². The van der Waals surface area contributed by atoms with Gasteiger partial charge in [0.2, 0.25) is 0 Å². The normalized spacial score (nSPS) is 11.9. The van der Waals surface area contributed by atoms with Crippen molar-refractivity contribution < 1.29 is 14.7 Å². The standard InChI is InChI=1S/C12H16N2O3/c1-2-10(12(16)17)14-11(15)9-5-3-4-8(6-9)7-13/h3-6,10H,2,7,13H2,1H3,(H,14,15)(H,16,17). The maximum atomic E-state index is 11.8. The molecule has 0 aliphatic rings. The van der Waals surface area contributed by atoms with E-state index in [1.807, 2.05) is 6.07 Å². The quantitative estimate of drug-likeness (QED) is 0.703. The molecule has 17 heavy (non-hydrogen) atoms. The molecule has 0 bridgehead atoms. The Morgan fingerprint density at radius 1 is 1.47 bits per heavy atom. The first-order valence-corrected chi connectivity index (χ1v) is 5.41. The summed E-state index contributed by atoms with van der Waals surface area (Å²) < 4.78 is 0. The molecule has 0 saturated heterocycles. The van der Waals surface area contributed by atoms with Crippen molar-refractivity contribution in [2.24, 2.45) is 5.73 Å². The van der Waals surface area contributed by atoms with Crippen LogP contribution in [0.25, 0.3) is 0 Å². The van der Waals surface area contributed by atoms with Gasteiger partial charge in [0.25, 0.3) is 5.91 Å². The Bertz CT molecular complexity index is 418. The number of benzene rings is 1. The average Bonchev–Trinajstić information content (AvgIpc) is 2.35. The molecule has 1 unspecified atom stereocenters. The van der Waals surface area contributed by atoms with Gasteiger partial charge in [-0.15, -0.1) is 0 Å². The van der Waals surface area contributed by atoms with Crippen LogP contribution in [0.15, 0.2) is 24.3 Å². The van der Waals surface area contributed by atoms with E-state index in [-0.39, 0.29) is 0 Å². The Kier molecular flexibility index (Phi) is 4.66. The van der Waals surface area contributed by atoms with Crippen LogP contribution in [0.3, 0.4) is 0 Å². The number of carboxylic acid groups (broad SMARTS) is 1. The maximum Gasteiger partial charge on any atom is 0.326 e. The lowest BCUT2D eigenvalue weighted by Gasteiger charge is -2.12. The van der Waals surface area contributed by atoms with Gasteiger partial charge in [-0.2, -0.15) is 0 Å². The molecule has 1 aromatic rings. The number of carbonyl (C=O) groups is 2. The summed E-state index contributed by atoms with van der Waals surface area (Å²) in [6.45, 7) is 2.05. The smallest absolute Gasteiger partial charge is 0.326 e. The highest BCUT2D eigenvalue weighted by Gasteiger charge is 2.18. The van der Waals surface area contributed by atoms with Crippen molar-refractivity contribution in [3.8, 4) is 0 Å². The summed E-state index contributed by atoms with van der Waals surface area (Å²) in [7, 11) is 0. The fraction of sp³-hybridized carbons (Fsp3) is 0.333. The van der Waals surface area contributed by atoms with Crippen LogP contribution >= 0.6 is 0 Å². The molecule has 92 valence electrons. The van der Waals surface area contributed by atoms with Crippen LogP contribution in [0, 0.1) is 0 Å². The Labute approximate surface area is 99.6 Å². The maximum absolute atomic E-state index is 11.8. The molecule has 1 amide bonds. The first-order valence-electron chi connectivity index (χ1n) is 5.41. The zero-order chi connectivity index (χ0) is 12.8.